The van der Waals surface area contributed by atoms with E-state index in [4.69, 9.17) is 37.4 Å². The largest absolute Gasteiger partial charge is 0.491 e. The monoisotopic (exact) mass is 642 g/mol. The summed E-state index contributed by atoms with van der Waals surface area (Å²) in [6.07, 6.45) is 4.91. The molecule has 4 aromatic rings. The first-order chi connectivity index (χ1) is 20.8. The van der Waals surface area contributed by atoms with Crippen LogP contribution in [0.2, 0.25) is 10.0 Å². The molecule has 0 spiro atoms. The fourth-order valence-electron chi connectivity index (χ4n) is 5.42. The van der Waals surface area contributed by atoms with Gasteiger partial charge in [0.05, 0.1) is 30.3 Å². The molecule has 2 saturated heterocycles. The fourth-order valence-corrected chi connectivity index (χ4v) is 7.49. The SMILES string of the molecule is O=S(=O)(Cc1ccccc1)N1CCN(c2ccc(OC[C@@H]3CO[C@@](Cn4ccnc4)(c4ccc(Cl)cc4Cl)O3)cc2)CC1. The van der Waals surface area contributed by atoms with Gasteiger partial charge in [0, 0.05) is 54.8 Å². The van der Waals surface area contributed by atoms with E-state index in [0.29, 0.717) is 60.7 Å². The zero-order valence-electron chi connectivity index (χ0n) is 23.4. The van der Waals surface area contributed by atoms with Crippen LogP contribution >= 0.6 is 23.2 Å². The highest BCUT2D eigenvalue weighted by Crippen LogP contribution is 2.40. The van der Waals surface area contributed by atoms with Crippen LogP contribution in [0.5, 0.6) is 5.75 Å². The highest BCUT2D eigenvalue weighted by Gasteiger charge is 2.45. The summed E-state index contributed by atoms with van der Waals surface area (Å²) < 4.78 is 48.1. The van der Waals surface area contributed by atoms with Crippen molar-refractivity contribution in [3.63, 3.8) is 0 Å². The van der Waals surface area contributed by atoms with Crippen LogP contribution in [0, 0.1) is 0 Å². The Balaban J connectivity index is 1.04. The van der Waals surface area contributed by atoms with Crippen molar-refractivity contribution in [1.82, 2.24) is 13.9 Å². The van der Waals surface area contributed by atoms with Crippen molar-refractivity contribution in [2.24, 2.45) is 0 Å². The Morgan fingerprint density at radius 3 is 2.44 bits per heavy atom. The molecule has 12 heteroatoms. The third-order valence-corrected chi connectivity index (χ3v) is 10.0. The molecule has 0 bridgehead atoms. The number of aromatic nitrogens is 2. The normalized spacial score (nSPS) is 21.3. The van der Waals surface area contributed by atoms with E-state index in [9.17, 15) is 8.42 Å². The Kier molecular flexibility index (Phi) is 8.95. The first-order valence-electron chi connectivity index (χ1n) is 14.0. The smallest absolute Gasteiger partial charge is 0.218 e. The van der Waals surface area contributed by atoms with Gasteiger partial charge in [0.2, 0.25) is 15.8 Å². The second-order valence-electron chi connectivity index (χ2n) is 10.6. The Bertz CT molecular complexity index is 1620. The number of hydrogen-bond acceptors (Lipinski definition) is 7. The maximum absolute atomic E-state index is 12.9. The molecule has 6 rings (SSSR count). The Labute approximate surface area is 261 Å². The van der Waals surface area contributed by atoms with Gasteiger partial charge in [0.25, 0.3) is 0 Å². The Morgan fingerprint density at radius 2 is 1.74 bits per heavy atom. The van der Waals surface area contributed by atoms with Crippen molar-refractivity contribution in [1.29, 1.82) is 0 Å². The lowest BCUT2D eigenvalue weighted by atomic mass is 10.1. The maximum atomic E-state index is 12.9. The van der Waals surface area contributed by atoms with Crippen LogP contribution in [0.3, 0.4) is 0 Å². The first kappa shape index (κ1) is 29.9. The third-order valence-electron chi connectivity index (χ3n) is 7.61. The van der Waals surface area contributed by atoms with Gasteiger partial charge in [-0.1, -0.05) is 59.6 Å². The molecule has 3 heterocycles. The second kappa shape index (κ2) is 12.9. The van der Waals surface area contributed by atoms with E-state index in [-0.39, 0.29) is 18.5 Å². The van der Waals surface area contributed by atoms with Crippen molar-refractivity contribution in [3.8, 4) is 5.75 Å². The Morgan fingerprint density at radius 1 is 0.977 bits per heavy atom. The molecule has 0 unspecified atom stereocenters. The van der Waals surface area contributed by atoms with Crippen molar-refractivity contribution in [2.45, 2.75) is 24.2 Å². The summed E-state index contributed by atoms with van der Waals surface area (Å²) in [5, 5.41) is 0.988. The van der Waals surface area contributed by atoms with Gasteiger partial charge in [-0.25, -0.2) is 13.4 Å². The number of hydrogen-bond donors (Lipinski definition) is 0. The van der Waals surface area contributed by atoms with Gasteiger partial charge in [-0.2, -0.15) is 4.31 Å². The number of nitrogens with zero attached hydrogens (tertiary/aromatic N) is 4. The Hall–Kier alpha value is -3.12. The van der Waals surface area contributed by atoms with E-state index < -0.39 is 15.8 Å². The highest BCUT2D eigenvalue weighted by molar-refractivity contribution is 7.88. The molecular formula is C31H32Cl2N4O5S. The zero-order chi connectivity index (χ0) is 29.9. The number of piperazine rings is 1. The summed E-state index contributed by atoms with van der Waals surface area (Å²) in [7, 11) is -3.36. The van der Waals surface area contributed by atoms with Gasteiger partial charge in [-0.15, -0.1) is 0 Å². The van der Waals surface area contributed by atoms with E-state index in [0.717, 1.165) is 11.3 Å². The van der Waals surface area contributed by atoms with Crippen LogP contribution in [0.15, 0.2) is 91.5 Å². The molecule has 0 radical (unpaired) electrons. The van der Waals surface area contributed by atoms with Crippen LogP contribution in [0.25, 0.3) is 0 Å². The third kappa shape index (κ3) is 7.01. The number of halogens is 2. The quantitative estimate of drug-likeness (QED) is 0.235. The van der Waals surface area contributed by atoms with Crippen molar-refractivity contribution in [3.05, 3.63) is 113 Å². The predicted octanol–water partition coefficient (Wildman–Crippen LogP) is 5.19. The molecule has 226 valence electrons. The molecule has 43 heavy (non-hydrogen) atoms. The maximum Gasteiger partial charge on any atom is 0.218 e. The molecule has 2 aliphatic rings. The topological polar surface area (TPSA) is 86.1 Å². The molecule has 0 saturated carbocycles. The molecule has 2 atom stereocenters. The van der Waals surface area contributed by atoms with E-state index in [1.807, 2.05) is 71.4 Å². The summed E-state index contributed by atoms with van der Waals surface area (Å²) in [5.74, 6) is -0.391. The van der Waals surface area contributed by atoms with Crippen LogP contribution in [-0.4, -0.2) is 67.8 Å². The number of anilines is 1. The van der Waals surface area contributed by atoms with E-state index in [1.54, 1.807) is 29.0 Å². The lowest BCUT2D eigenvalue weighted by Crippen LogP contribution is -2.49. The molecular weight excluding hydrogens is 611 g/mol. The van der Waals surface area contributed by atoms with E-state index >= 15 is 0 Å². The van der Waals surface area contributed by atoms with E-state index in [2.05, 4.69) is 9.88 Å². The molecule has 2 fully saturated rings. The fraction of sp³-hybridized carbons (Fsp3) is 0.323. The van der Waals surface area contributed by atoms with Crippen LogP contribution in [0.4, 0.5) is 5.69 Å². The summed E-state index contributed by atoms with van der Waals surface area (Å²) in [6, 6.07) is 22.4. The summed E-state index contributed by atoms with van der Waals surface area (Å²) in [5.41, 5.74) is 2.50. The second-order valence-corrected chi connectivity index (χ2v) is 13.4. The van der Waals surface area contributed by atoms with Gasteiger partial charge in [0.1, 0.15) is 18.5 Å². The predicted molar refractivity (Wildman–Crippen MR) is 166 cm³/mol. The molecule has 2 aliphatic heterocycles. The average Bonchev–Trinajstić information content (AvgIpc) is 3.67. The first-order valence-corrected chi connectivity index (χ1v) is 16.4. The molecule has 9 nitrogen and oxygen atoms in total. The molecule has 1 aromatic heterocycles. The number of sulfonamides is 1. The van der Waals surface area contributed by atoms with Gasteiger partial charge in [-0.05, 0) is 42.0 Å². The zero-order valence-corrected chi connectivity index (χ0v) is 25.7. The number of imidazole rings is 1. The summed E-state index contributed by atoms with van der Waals surface area (Å²) >= 11 is 12.7. The van der Waals surface area contributed by atoms with Gasteiger partial charge in [-0.3, -0.25) is 0 Å². The molecule has 0 amide bonds. The van der Waals surface area contributed by atoms with Crippen LogP contribution < -0.4 is 9.64 Å². The lowest BCUT2D eigenvalue weighted by Gasteiger charge is -2.35. The van der Waals surface area contributed by atoms with Crippen LogP contribution in [-0.2, 0) is 37.6 Å². The lowest BCUT2D eigenvalue weighted by molar-refractivity contribution is -0.189. The standard InChI is InChI=1S/C31H32Cl2N4O5S/c32-25-6-11-29(30(33)18-25)31(22-35-13-12-34-23-35)41-20-28(42-31)19-40-27-9-7-26(8-10-27)36-14-16-37(17-15-36)43(38,39)21-24-4-2-1-3-5-24/h1-13,18,23,28H,14-17,19-22H2/t28-,31-/m1/s1. The molecule has 0 N–H and O–H groups in total. The minimum Gasteiger partial charge on any atom is -0.491 e. The van der Waals surface area contributed by atoms with Gasteiger partial charge >= 0.3 is 0 Å². The van der Waals surface area contributed by atoms with E-state index in [1.165, 1.54) is 0 Å². The minimum absolute atomic E-state index is 0.0209. The van der Waals surface area contributed by atoms with Crippen molar-refractivity contribution in [2.75, 3.05) is 44.3 Å². The highest BCUT2D eigenvalue weighted by atomic mass is 35.5. The summed E-state index contributed by atoms with van der Waals surface area (Å²) in [6.45, 7) is 3.11. The van der Waals surface area contributed by atoms with Crippen LogP contribution in [0.1, 0.15) is 11.1 Å². The van der Waals surface area contributed by atoms with Gasteiger partial charge < -0.3 is 23.7 Å². The molecule has 0 aliphatic carbocycles. The number of ether oxygens (including phenoxy) is 3. The van der Waals surface area contributed by atoms with Crippen molar-refractivity contribution < 1.29 is 22.6 Å². The van der Waals surface area contributed by atoms with Gasteiger partial charge in [0.15, 0.2) is 0 Å². The van der Waals surface area contributed by atoms with Crippen molar-refractivity contribution >= 4 is 38.9 Å². The number of benzene rings is 3. The number of rotatable bonds is 10. The average molecular weight is 644 g/mol. The minimum atomic E-state index is -3.36. The molecule has 3 aromatic carbocycles. The summed E-state index contributed by atoms with van der Waals surface area (Å²) in [4.78, 5) is 6.32.